The Kier molecular flexibility index (Phi) is 6.19. The van der Waals surface area contributed by atoms with Gasteiger partial charge in [-0.1, -0.05) is 23.9 Å². The number of para-hydroxylation sites is 1. The van der Waals surface area contributed by atoms with Crippen LogP contribution in [0.4, 0.5) is 4.79 Å². The lowest BCUT2D eigenvalue weighted by atomic mass is 10.1. The number of ether oxygens (including phenoxy) is 1. The van der Waals surface area contributed by atoms with E-state index in [0.29, 0.717) is 19.6 Å². The van der Waals surface area contributed by atoms with Crippen LogP contribution in [0.1, 0.15) is 20.3 Å². The van der Waals surface area contributed by atoms with Gasteiger partial charge in [0.25, 0.3) is 5.91 Å². The monoisotopic (exact) mass is 488 g/mol. The first-order chi connectivity index (χ1) is 15.9. The third kappa shape index (κ3) is 4.41. The summed E-state index contributed by atoms with van der Waals surface area (Å²) in [5.74, 6) is 1.39. The van der Waals surface area contributed by atoms with Crippen molar-refractivity contribution in [1.82, 2.24) is 25.0 Å². The van der Waals surface area contributed by atoms with E-state index in [1.807, 2.05) is 32.0 Å². The number of likely N-dealkylation sites (N-methyl/N-ethyl adjacent to an activating group) is 1. The summed E-state index contributed by atoms with van der Waals surface area (Å²) >= 11 is 3.45. The van der Waals surface area contributed by atoms with E-state index in [2.05, 4.69) is 21.2 Å². The van der Waals surface area contributed by atoms with Crippen molar-refractivity contribution in [2.75, 3.05) is 32.4 Å². The summed E-state index contributed by atoms with van der Waals surface area (Å²) in [5.41, 5.74) is 1.03. The Morgan fingerprint density at radius 2 is 1.97 bits per heavy atom. The molecule has 1 N–H and O–H groups in total. The normalized spacial score (nSPS) is 27.7. The summed E-state index contributed by atoms with van der Waals surface area (Å²) in [6, 6.07) is 7.25. The van der Waals surface area contributed by atoms with Crippen molar-refractivity contribution in [3.05, 3.63) is 24.3 Å². The van der Waals surface area contributed by atoms with Crippen molar-refractivity contribution in [1.29, 1.82) is 0 Å². The number of nitrogens with one attached hydrogen (secondary N) is 1. The summed E-state index contributed by atoms with van der Waals surface area (Å²) in [6.07, 6.45) is 0.502. The predicted octanol–water partition coefficient (Wildman–Crippen LogP) is 2.44. The minimum absolute atomic E-state index is 0.0729. The van der Waals surface area contributed by atoms with Gasteiger partial charge in [0.2, 0.25) is 0 Å². The largest absolute Gasteiger partial charge is 0.372 e. The molecule has 176 valence electrons. The molecule has 4 atom stereocenters. The quantitative estimate of drug-likeness (QED) is 0.511. The molecule has 4 heterocycles. The van der Waals surface area contributed by atoms with Crippen LogP contribution in [-0.2, 0) is 9.53 Å². The van der Waals surface area contributed by atoms with Crippen molar-refractivity contribution >= 4 is 51.2 Å². The molecular formula is C22H28N6O3S2. The second kappa shape index (κ2) is 9.11. The van der Waals surface area contributed by atoms with Crippen LogP contribution in [0.15, 0.2) is 33.6 Å². The lowest BCUT2D eigenvalue weighted by Crippen LogP contribution is -2.64. The van der Waals surface area contributed by atoms with Gasteiger partial charge in [-0.3, -0.25) is 10.1 Å². The third-order valence-electron chi connectivity index (χ3n) is 6.08. The number of amides is 3. The second-order valence-electron chi connectivity index (χ2n) is 8.70. The number of hydrogen-bond donors (Lipinski definition) is 1. The highest BCUT2D eigenvalue weighted by Gasteiger charge is 2.50. The van der Waals surface area contributed by atoms with Crippen LogP contribution in [0.25, 0.3) is 10.2 Å². The van der Waals surface area contributed by atoms with Crippen LogP contribution >= 0.6 is 23.1 Å². The molecule has 0 aliphatic carbocycles. The van der Waals surface area contributed by atoms with Gasteiger partial charge in [0.15, 0.2) is 22.5 Å². The zero-order chi connectivity index (χ0) is 23.1. The minimum Gasteiger partial charge on any atom is -0.372 e. The lowest BCUT2D eigenvalue weighted by Gasteiger charge is -2.41. The average Bonchev–Trinajstić information content (AvgIpc) is 3.36. The summed E-state index contributed by atoms with van der Waals surface area (Å²) in [5, 5.41) is 2.48. The molecule has 11 heteroatoms. The number of guanidine groups is 1. The van der Waals surface area contributed by atoms with E-state index >= 15 is 0 Å². The number of aliphatic imine (C=N–C) groups is 1. The Morgan fingerprint density at radius 3 is 2.73 bits per heavy atom. The van der Waals surface area contributed by atoms with Crippen molar-refractivity contribution in [2.24, 2.45) is 4.99 Å². The number of rotatable bonds is 5. The molecule has 3 aliphatic rings. The van der Waals surface area contributed by atoms with Gasteiger partial charge in [0.05, 0.1) is 22.4 Å². The van der Waals surface area contributed by atoms with Crippen LogP contribution in [0, 0.1) is 0 Å². The zero-order valence-corrected chi connectivity index (χ0v) is 20.6. The molecule has 3 amide bonds. The number of thiazole rings is 1. The Morgan fingerprint density at radius 1 is 1.21 bits per heavy atom. The number of morpholine rings is 1. The van der Waals surface area contributed by atoms with Crippen LogP contribution in [-0.4, -0.2) is 94.4 Å². The number of thioether (sulfide) groups is 1. The van der Waals surface area contributed by atoms with Crippen LogP contribution in [0.2, 0.25) is 0 Å². The molecule has 33 heavy (non-hydrogen) atoms. The summed E-state index contributed by atoms with van der Waals surface area (Å²) in [6.45, 7) is 6.18. The van der Waals surface area contributed by atoms with Gasteiger partial charge >= 0.3 is 6.03 Å². The highest BCUT2D eigenvalue weighted by atomic mass is 32.2. The standard InChI is InChI=1S/C22H28N6O3S2/c1-13-11-27(12-14(2)31-13)20-24-18-17(19(29)25-21(30)26(18)3)28(20)9-6-10-32-22-23-15-7-4-5-8-16(15)33-22/h4-5,7-8,13-14,17-18H,6,9-12H2,1-3H3,(H,25,29,30). The van der Waals surface area contributed by atoms with Crippen LogP contribution in [0.5, 0.6) is 0 Å². The third-order valence-corrected chi connectivity index (χ3v) is 8.35. The summed E-state index contributed by atoms with van der Waals surface area (Å²) < 4.78 is 8.14. The molecule has 1 aromatic carbocycles. The smallest absolute Gasteiger partial charge is 0.325 e. The number of benzene rings is 1. The van der Waals surface area contributed by atoms with E-state index in [9.17, 15) is 9.59 Å². The fraction of sp³-hybridized carbons (Fsp3) is 0.545. The number of carbonyl (C=O) groups is 2. The Labute approximate surface area is 201 Å². The van der Waals surface area contributed by atoms with Gasteiger partial charge in [-0.05, 0) is 32.4 Å². The highest BCUT2D eigenvalue weighted by Crippen LogP contribution is 2.31. The molecule has 5 rings (SSSR count). The van der Waals surface area contributed by atoms with E-state index < -0.39 is 18.2 Å². The van der Waals surface area contributed by atoms with E-state index in [1.165, 1.54) is 9.60 Å². The van der Waals surface area contributed by atoms with E-state index in [4.69, 9.17) is 14.7 Å². The SMILES string of the molecule is CC1CN(C2=NC3C(C(=O)NC(=O)N3C)N2CCCSc2nc3ccccc3s2)CC(C)O1. The average molecular weight is 489 g/mol. The number of aromatic nitrogens is 1. The first kappa shape index (κ1) is 22.4. The first-order valence-electron chi connectivity index (χ1n) is 11.2. The number of imide groups is 1. The van der Waals surface area contributed by atoms with Crippen molar-refractivity contribution < 1.29 is 14.3 Å². The topological polar surface area (TPSA) is 90.4 Å². The van der Waals surface area contributed by atoms with Gasteiger partial charge in [-0.2, -0.15) is 0 Å². The van der Waals surface area contributed by atoms with Gasteiger partial charge in [0.1, 0.15) is 0 Å². The van der Waals surface area contributed by atoms with Crippen molar-refractivity contribution in [2.45, 2.75) is 49.0 Å². The molecule has 0 bridgehead atoms. The van der Waals surface area contributed by atoms with E-state index in [1.54, 1.807) is 30.1 Å². The molecule has 2 aromatic rings. The molecule has 0 spiro atoms. The van der Waals surface area contributed by atoms with Crippen molar-refractivity contribution in [3.63, 3.8) is 0 Å². The first-order valence-corrected chi connectivity index (χ1v) is 13.0. The molecule has 9 nitrogen and oxygen atoms in total. The molecule has 2 saturated heterocycles. The molecular weight excluding hydrogens is 460 g/mol. The van der Waals surface area contributed by atoms with Gasteiger partial charge < -0.3 is 19.4 Å². The number of hydrogen-bond acceptors (Lipinski definition) is 9. The minimum atomic E-state index is -0.511. The summed E-state index contributed by atoms with van der Waals surface area (Å²) in [7, 11) is 1.69. The maximum atomic E-state index is 12.8. The van der Waals surface area contributed by atoms with Gasteiger partial charge in [-0.25, -0.2) is 14.8 Å². The maximum Gasteiger partial charge on any atom is 0.325 e. The Hall–Kier alpha value is -2.37. The highest BCUT2D eigenvalue weighted by molar-refractivity contribution is 8.01. The van der Waals surface area contributed by atoms with Crippen LogP contribution < -0.4 is 5.32 Å². The van der Waals surface area contributed by atoms with E-state index in [-0.39, 0.29) is 18.1 Å². The molecule has 2 fully saturated rings. The maximum absolute atomic E-state index is 12.8. The molecule has 1 aromatic heterocycles. The molecule has 0 radical (unpaired) electrons. The second-order valence-corrected chi connectivity index (χ2v) is 11.1. The molecule has 0 saturated carbocycles. The fourth-order valence-electron chi connectivity index (χ4n) is 4.66. The molecule has 4 unspecified atom stereocenters. The number of nitrogens with zero attached hydrogens (tertiary/aromatic N) is 5. The van der Waals surface area contributed by atoms with Gasteiger partial charge in [0, 0.05) is 32.4 Å². The Bertz CT molecular complexity index is 1050. The zero-order valence-electron chi connectivity index (χ0n) is 18.9. The lowest BCUT2D eigenvalue weighted by molar-refractivity contribution is -0.127. The summed E-state index contributed by atoms with van der Waals surface area (Å²) in [4.78, 5) is 40.4. The van der Waals surface area contributed by atoms with E-state index in [0.717, 1.165) is 28.0 Å². The number of fused-ring (bicyclic) bond motifs is 2. The molecule has 3 aliphatic heterocycles. The Balaban J connectivity index is 1.30. The fourth-order valence-corrected chi connectivity index (χ4v) is 6.73. The number of urea groups is 1. The predicted molar refractivity (Wildman–Crippen MR) is 130 cm³/mol. The van der Waals surface area contributed by atoms with Gasteiger partial charge in [-0.15, -0.1) is 11.3 Å². The number of carbonyl (C=O) groups excluding carboxylic acids is 2. The van der Waals surface area contributed by atoms with Crippen molar-refractivity contribution in [3.8, 4) is 0 Å². The van der Waals surface area contributed by atoms with Crippen LogP contribution in [0.3, 0.4) is 0 Å².